The van der Waals surface area contributed by atoms with Crippen molar-refractivity contribution in [3.05, 3.63) is 23.8 Å². The number of rotatable bonds is 3. The fourth-order valence-corrected chi connectivity index (χ4v) is 3.17. The summed E-state index contributed by atoms with van der Waals surface area (Å²) in [5.41, 5.74) is 9.97. The molecule has 2 rings (SSSR count). The van der Waals surface area contributed by atoms with Crippen LogP contribution >= 0.6 is 0 Å². The van der Waals surface area contributed by atoms with Gasteiger partial charge >= 0.3 is 0 Å². The molecule has 1 heterocycles. The minimum Gasteiger partial charge on any atom is -0.399 e. The lowest BCUT2D eigenvalue weighted by atomic mass is 9.74. The molecule has 0 aromatic heterocycles. The Hall–Kier alpha value is -1.18. The van der Waals surface area contributed by atoms with Crippen molar-refractivity contribution in [2.24, 2.45) is 5.41 Å². The van der Waals surface area contributed by atoms with E-state index in [-0.39, 0.29) is 0 Å². The average Bonchev–Trinajstić information content (AvgIpc) is 2.38. The van der Waals surface area contributed by atoms with Crippen LogP contribution in [0.5, 0.6) is 0 Å². The van der Waals surface area contributed by atoms with Gasteiger partial charge in [0.15, 0.2) is 0 Å². The van der Waals surface area contributed by atoms with Crippen LogP contribution in [0.2, 0.25) is 0 Å². The SMILES string of the molecule is CCC1(CC)CCN(c2cc(C)cc(N)c2)CC1. The van der Waals surface area contributed by atoms with Gasteiger partial charge in [-0.2, -0.15) is 0 Å². The predicted octanol–water partition coefficient (Wildman–Crippen LogP) is 3.98. The van der Waals surface area contributed by atoms with E-state index in [4.69, 9.17) is 5.73 Å². The second kappa shape index (κ2) is 5.21. The highest BCUT2D eigenvalue weighted by Crippen LogP contribution is 2.39. The standard InChI is InChI=1S/C16H26N2/c1-4-16(5-2)6-8-18(9-7-16)15-11-13(3)10-14(17)12-15/h10-12H,4-9,17H2,1-3H3. The molecule has 0 amide bonds. The molecule has 0 aliphatic carbocycles. The third-order valence-corrected chi connectivity index (χ3v) is 4.77. The largest absolute Gasteiger partial charge is 0.399 e. The van der Waals surface area contributed by atoms with Crippen LogP contribution in [0.1, 0.15) is 45.1 Å². The van der Waals surface area contributed by atoms with Gasteiger partial charge in [0, 0.05) is 24.5 Å². The fraction of sp³-hybridized carbons (Fsp3) is 0.625. The summed E-state index contributed by atoms with van der Waals surface area (Å²) in [6, 6.07) is 6.40. The van der Waals surface area contributed by atoms with Gasteiger partial charge in [-0.15, -0.1) is 0 Å². The molecular weight excluding hydrogens is 220 g/mol. The molecule has 0 saturated carbocycles. The zero-order chi connectivity index (χ0) is 13.2. The molecule has 1 aliphatic heterocycles. The Kier molecular flexibility index (Phi) is 3.84. The van der Waals surface area contributed by atoms with Crippen LogP contribution in [0.25, 0.3) is 0 Å². The minimum absolute atomic E-state index is 0.589. The van der Waals surface area contributed by atoms with Crippen LogP contribution in [0, 0.1) is 12.3 Å². The maximum Gasteiger partial charge on any atom is 0.0389 e. The van der Waals surface area contributed by atoms with Gasteiger partial charge in [0.2, 0.25) is 0 Å². The molecule has 0 atom stereocenters. The third kappa shape index (κ3) is 2.63. The summed E-state index contributed by atoms with van der Waals surface area (Å²) in [5, 5.41) is 0. The number of benzene rings is 1. The number of nitrogens with two attached hydrogens (primary N) is 1. The van der Waals surface area contributed by atoms with Crippen LogP contribution in [-0.2, 0) is 0 Å². The number of aryl methyl sites for hydroxylation is 1. The van der Waals surface area contributed by atoms with E-state index in [9.17, 15) is 0 Å². The van der Waals surface area contributed by atoms with E-state index in [1.807, 2.05) is 6.07 Å². The first-order chi connectivity index (χ1) is 8.58. The third-order valence-electron chi connectivity index (χ3n) is 4.77. The molecule has 1 saturated heterocycles. The summed E-state index contributed by atoms with van der Waals surface area (Å²) in [5.74, 6) is 0. The quantitative estimate of drug-likeness (QED) is 0.817. The molecule has 100 valence electrons. The van der Waals surface area contributed by atoms with Crippen molar-refractivity contribution in [1.29, 1.82) is 0 Å². The first-order valence-electron chi connectivity index (χ1n) is 7.21. The van der Waals surface area contributed by atoms with Crippen molar-refractivity contribution < 1.29 is 0 Å². The number of hydrogen-bond donors (Lipinski definition) is 1. The number of anilines is 2. The molecule has 0 unspecified atom stereocenters. The number of nitrogens with zero attached hydrogens (tertiary/aromatic N) is 1. The summed E-state index contributed by atoms with van der Waals surface area (Å²) >= 11 is 0. The number of piperidine rings is 1. The maximum absolute atomic E-state index is 5.95. The van der Waals surface area contributed by atoms with Crippen molar-refractivity contribution in [1.82, 2.24) is 0 Å². The lowest BCUT2D eigenvalue weighted by molar-refractivity contribution is 0.199. The summed E-state index contributed by atoms with van der Waals surface area (Å²) < 4.78 is 0. The van der Waals surface area contributed by atoms with Crippen LogP contribution in [-0.4, -0.2) is 13.1 Å². The molecule has 2 nitrogen and oxygen atoms in total. The molecule has 1 aromatic rings. The highest BCUT2D eigenvalue weighted by Gasteiger charge is 2.31. The lowest BCUT2D eigenvalue weighted by Gasteiger charge is -2.42. The first-order valence-corrected chi connectivity index (χ1v) is 7.21. The molecule has 0 spiro atoms. The molecule has 1 aromatic carbocycles. The molecule has 2 heteroatoms. The Labute approximate surface area is 111 Å². The number of nitrogen functional groups attached to an aromatic ring is 1. The van der Waals surface area contributed by atoms with Crippen LogP contribution in [0.3, 0.4) is 0 Å². The van der Waals surface area contributed by atoms with Gasteiger partial charge in [-0.1, -0.05) is 26.7 Å². The van der Waals surface area contributed by atoms with Gasteiger partial charge in [0.25, 0.3) is 0 Å². The van der Waals surface area contributed by atoms with Crippen molar-refractivity contribution in [3.8, 4) is 0 Å². The lowest BCUT2D eigenvalue weighted by Crippen LogP contribution is -2.39. The summed E-state index contributed by atoms with van der Waals surface area (Å²) in [6.45, 7) is 9.13. The van der Waals surface area contributed by atoms with E-state index >= 15 is 0 Å². The van der Waals surface area contributed by atoms with E-state index in [0.29, 0.717) is 5.41 Å². The van der Waals surface area contributed by atoms with Crippen molar-refractivity contribution in [2.45, 2.75) is 46.5 Å². The van der Waals surface area contributed by atoms with Gasteiger partial charge in [-0.25, -0.2) is 0 Å². The Morgan fingerprint density at radius 2 is 1.72 bits per heavy atom. The van der Waals surface area contributed by atoms with Crippen LogP contribution < -0.4 is 10.6 Å². The molecule has 0 radical (unpaired) electrons. The van der Waals surface area contributed by atoms with Crippen molar-refractivity contribution in [2.75, 3.05) is 23.7 Å². The first kappa shape index (κ1) is 13.3. The maximum atomic E-state index is 5.95. The van der Waals surface area contributed by atoms with E-state index in [1.165, 1.54) is 50.0 Å². The Morgan fingerprint density at radius 1 is 1.11 bits per heavy atom. The van der Waals surface area contributed by atoms with Gasteiger partial charge in [0.1, 0.15) is 0 Å². The zero-order valence-electron chi connectivity index (χ0n) is 12.0. The second-order valence-corrected chi connectivity index (χ2v) is 5.80. The van der Waals surface area contributed by atoms with Gasteiger partial charge < -0.3 is 10.6 Å². The topological polar surface area (TPSA) is 29.3 Å². The molecule has 18 heavy (non-hydrogen) atoms. The Bertz CT molecular complexity index is 377. The molecule has 1 fully saturated rings. The van der Waals surface area contributed by atoms with Crippen molar-refractivity contribution in [3.63, 3.8) is 0 Å². The van der Waals surface area contributed by atoms with Gasteiger partial charge in [-0.05, 0) is 48.9 Å². The smallest absolute Gasteiger partial charge is 0.0389 e. The van der Waals surface area contributed by atoms with Crippen molar-refractivity contribution >= 4 is 11.4 Å². The van der Waals surface area contributed by atoms with E-state index in [2.05, 4.69) is 37.8 Å². The zero-order valence-corrected chi connectivity index (χ0v) is 12.0. The molecule has 2 N–H and O–H groups in total. The van der Waals surface area contributed by atoms with E-state index in [1.54, 1.807) is 0 Å². The molecule has 0 bridgehead atoms. The fourth-order valence-electron chi connectivity index (χ4n) is 3.17. The highest BCUT2D eigenvalue weighted by molar-refractivity contribution is 5.58. The summed E-state index contributed by atoms with van der Waals surface area (Å²) in [7, 11) is 0. The monoisotopic (exact) mass is 246 g/mol. The number of hydrogen-bond acceptors (Lipinski definition) is 2. The average molecular weight is 246 g/mol. The van der Waals surface area contributed by atoms with Gasteiger partial charge in [-0.3, -0.25) is 0 Å². The van der Waals surface area contributed by atoms with Crippen LogP contribution in [0.4, 0.5) is 11.4 Å². The Morgan fingerprint density at radius 3 is 2.22 bits per heavy atom. The normalized spacial score (nSPS) is 18.9. The van der Waals surface area contributed by atoms with E-state index < -0.39 is 0 Å². The molecular formula is C16H26N2. The van der Waals surface area contributed by atoms with E-state index in [0.717, 1.165) is 5.69 Å². The molecule has 1 aliphatic rings. The highest BCUT2D eigenvalue weighted by atomic mass is 15.1. The minimum atomic E-state index is 0.589. The van der Waals surface area contributed by atoms with Gasteiger partial charge in [0.05, 0.1) is 0 Å². The van der Waals surface area contributed by atoms with Crippen LogP contribution in [0.15, 0.2) is 18.2 Å². The second-order valence-electron chi connectivity index (χ2n) is 5.80. The summed E-state index contributed by atoms with van der Waals surface area (Å²) in [6.07, 6.45) is 5.25. The Balaban J connectivity index is 2.09. The predicted molar refractivity (Wildman–Crippen MR) is 80.1 cm³/mol. The summed E-state index contributed by atoms with van der Waals surface area (Å²) in [4.78, 5) is 2.49.